The molecule has 0 saturated carbocycles. The summed E-state index contributed by atoms with van der Waals surface area (Å²) in [6.07, 6.45) is 0.996. The lowest BCUT2D eigenvalue weighted by Crippen LogP contribution is -2.36. The third-order valence-corrected chi connectivity index (χ3v) is 6.36. The summed E-state index contributed by atoms with van der Waals surface area (Å²) in [7, 11) is 1.33. The molecule has 0 saturated heterocycles. The number of dihydropyridines is 1. The van der Waals surface area contributed by atoms with E-state index in [4.69, 9.17) is 14.2 Å². The van der Waals surface area contributed by atoms with Crippen LogP contribution in [0.3, 0.4) is 0 Å². The Morgan fingerprint density at radius 1 is 1.03 bits per heavy atom. The maximum atomic E-state index is 13.6. The van der Waals surface area contributed by atoms with Gasteiger partial charge in [0.15, 0.2) is 17.3 Å². The lowest BCUT2D eigenvalue weighted by molar-refractivity contribution is -0.136. The van der Waals surface area contributed by atoms with Gasteiger partial charge < -0.3 is 19.5 Å². The van der Waals surface area contributed by atoms with Crippen molar-refractivity contribution in [3.63, 3.8) is 0 Å². The quantitative estimate of drug-likeness (QED) is 0.484. The number of hydrogen-bond donors (Lipinski definition) is 1. The number of methoxy groups -OCH3 is 1. The molecule has 1 aliphatic carbocycles. The van der Waals surface area contributed by atoms with Crippen LogP contribution >= 0.6 is 0 Å². The molecule has 1 heterocycles. The molecule has 0 radical (unpaired) electrons. The minimum absolute atomic E-state index is 0.0199. The van der Waals surface area contributed by atoms with E-state index in [-0.39, 0.29) is 17.5 Å². The van der Waals surface area contributed by atoms with Crippen molar-refractivity contribution < 1.29 is 28.6 Å². The zero-order chi connectivity index (χ0) is 25.1. The van der Waals surface area contributed by atoms with E-state index in [9.17, 15) is 14.4 Å². The van der Waals surface area contributed by atoms with Gasteiger partial charge in [-0.25, -0.2) is 4.79 Å². The average Bonchev–Trinajstić information content (AvgIpc) is 2.84. The Kier molecular flexibility index (Phi) is 7.05. The van der Waals surface area contributed by atoms with E-state index in [1.807, 2.05) is 44.2 Å². The Morgan fingerprint density at radius 3 is 2.43 bits per heavy atom. The predicted octanol–water partition coefficient (Wildman–Crippen LogP) is 4.55. The number of rotatable bonds is 6. The summed E-state index contributed by atoms with van der Waals surface area (Å²) in [5.74, 6) is -0.924. The molecule has 0 unspecified atom stereocenters. The normalized spacial score (nSPS) is 19.6. The number of benzene rings is 2. The molecule has 4 rings (SSSR count). The number of carbonyl (C=O) groups is 3. The van der Waals surface area contributed by atoms with Crippen LogP contribution in [-0.2, 0) is 19.1 Å². The standard InChI is InChI=1S/C28H29NO6/c1-5-34-24-15-19(11-12-23(24)35-17(3)30)26-25(28(32)33-4)16(2)29-21-13-20(14-22(31)27(21)26)18-9-7-6-8-10-18/h6-12,15,20,26,29H,5,13-14H2,1-4H3/t20-,26-/m1/s1. The van der Waals surface area contributed by atoms with E-state index in [0.29, 0.717) is 47.6 Å². The topological polar surface area (TPSA) is 90.9 Å². The molecule has 0 fully saturated rings. The third-order valence-electron chi connectivity index (χ3n) is 6.36. The van der Waals surface area contributed by atoms with Crippen LogP contribution in [0, 0.1) is 0 Å². The maximum Gasteiger partial charge on any atom is 0.336 e. The van der Waals surface area contributed by atoms with Gasteiger partial charge in [-0.15, -0.1) is 0 Å². The highest BCUT2D eigenvalue weighted by Crippen LogP contribution is 2.47. The Labute approximate surface area is 204 Å². The van der Waals surface area contributed by atoms with Gasteiger partial charge in [0.1, 0.15) is 0 Å². The van der Waals surface area contributed by atoms with Crippen molar-refractivity contribution in [3.8, 4) is 11.5 Å². The Hall–Kier alpha value is -3.87. The molecule has 1 aliphatic heterocycles. The molecule has 2 atom stereocenters. The van der Waals surface area contributed by atoms with Crippen molar-refractivity contribution >= 4 is 17.7 Å². The van der Waals surface area contributed by atoms with Crippen LogP contribution < -0.4 is 14.8 Å². The summed E-state index contributed by atoms with van der Waals surface area (Å²) in [6.45, 7) is 5.32. The molecule has 2 aromatic carbocycles. The van der Waals surface area contributed by atoms with E-state index < -0.39 is 17.9 Å². The minimum atomic E-state index is -0.631. The molecule has 0 aromatic heterocycles. The SMILES string of the molecule is CCOc1cc([C@@H]2C(C(=O)OC)=C(C)NC3=C2C(=O)C[C@H](c2ccccc2)C3)ccc1OC(C)=O. The van der Waals surface area contributed by atoms with Crippen molar-refractivity contribution in [3.05, 3.63) is 82.2 Å². The van der Waals surface area contributed by atoms with E-state index in [1.165, 1.54) is 14.0 Å². The lowest BCUT2D eigenvalue weighted by Gasteiger charge is -2.36. The van der Waals surface area contributed by atoms with Crippen LogP contribution in [0.1, 0.15) is 56.6 Å². The number of carbonyl (C=O) groups excluding carboxylic acids is 3. The van der Waals surface area contributed by atoms with Gasteiger partial charge in [-0.3, -0.25) is 9.59 Å². The first-order valence-corrected chi connectivity index (χ1v) is 11.7. The molecule has 2 aromatic rings. The van der Waals surface area contributed by atoms with Crippen LogP contribution in [0.5, 0.6) is 11.5 Å². The Bertz CT molecular complexity index is 1230. The van der Waals surface area contributed by atoms with E-state index in [2.05, 4.69) is 5.32 Å². The average molecular weight is 476 g/mol. The Morgan fingerprint density at radius 2 is 1.77 bits per heavy atom. The molecule has 7 heteroatoms. The van der Waals surface area contributed by atoms with Crippen LogP contribution in [-0.4, -0.2) is 31.4 Å². The van der Waals surface area contributed by atoms with Crippen molar-refractivity contribution in [1.29, 1.82) is 0 Å². The highest BCUT2D eigenvalue weighted by molar-refractivity contribution is 6.04. The highest BCUT2D eigenvalue weighted by atomic mass is 16.6. The van der Waals surface area contributed by atoms with Gasteiger partial charge in [-0.1, -0.05) is 36.4 Å². The number of nitrogens with one attached hydrogen (secondary N) is 1. The first-order chi connectivity index (χ1) is 16.8. The summed E-state index contributed by atoms with van der Waals surface area (Å²) in [5, 5.41) is 3.33. The highest BCUT2D eigenvalue weighted by Gasteiger charge is 2.41. The number of Topliss-reactive ketones (excluding diaryl/α,β-unsaturated/α-hetero) is 1. The van der Waals surface area contributed by atoms with E-state index >= 15 is 0 Å². The third kappa shape index (κ3) is 4.85. The van der Waals surface area contributed by atoms with Gasteiger partial charge in [0.25, 0.3) is 0 Å². The molecule has 2 aliphatic rings. The summed E-state index contributed by atoms with van der Waals surface area (Å²) < 4.78 is 16.1. The van der Waals surface area contributed by atoms with Crippen molar-refractivity contribution in [2.75, 3.05) is 13.7 Å². The fourth-order valence-corrected chi connectivity index (χ4v) is 4.93. The van der Waals surface area contributed by atoms with Crippen LogP contribution in [0.15, 0.2) is 71.1 Å². The minimum Gasteiger partial charge on any atom is -0.490 e. The zero-order valence-corrected chi connectivity index (χ0v) is 20.3. The molecule has 182 valence electrons. The number of hydrogen-bond acceptors (Lipinski definition) is 7. The number of allylic oxidation sites excluding steroid dienone is 3. The van der Waals surface area contributed by atoms with Gasteiger partial charge in [0.05, 0.1) is 19.3 Å². The number of esters is 2. The van der Waals surface area contributed by atoms with Crippen molar-refractivity contribution in [2.45, 2.75) is 45.4 Å². The first-order valence-electron chi connectivity index (χ1n) is 11.7. The van der Waals surface area contributed by atoms with E-state index in [0.717, 1.165) is 11.3 Å². The van der Waals surface area contributed by atoms with Gasteiger partial charge in [0.2, 0.25) is 0 Å². The summed E-state index contributed by atoms with van der Waals surface area (Å²) >= 11 is 0. The van der Waals surface area contributed by atoms with Gasteiger partial charge in [-0.2, -0.15) is 0 Å². The van der Waals surface area contributed by atoms with E-state index in [1.54, 1.807) is 18.2 Å². The van der Waals surface area contributed by atoms with Crippen molar-refractivity contribution in [2.24, 2.45) is 0 Å². The second-order valence-corrected chi connectivity index (χ2v) is 8.65. The number of ketones is 1. The molecule has 35 heavy (non-hydrogen) atoms. The second-order valence-electron chi connectivity index (χ2n) is 8.65. The maximum absolute atomic E-state index is 13.6. The van der Waals surface area contributed by atoms with Gasteiger partial charge >= 0.3 is 11.9 Å². The zero-order valence-electron chi connectivity index (χ0n) is 20.3. The summed E-state index contributed by atoms with van der Waals surface area (Å²) in [4.78, 5) is 38.1. The van der Waals surface area contributed by atoms with Crippen LogP contribution in [0.4, 0.5) is 0 Å². The van der Waals surface area contributed by atoms with Gasteiger partial charge in [-0.05, 0) is 49.4 Å². The molecule has 7 nitrogen and oxygen atoms in total. The summed E-state index contributed by atoms with van der Waals surface area (Å²) in [6, 6.07) is 15.1. The predicted molar refractivity (Wildman–Crippen MR) is 130 cm³/mol. The first kappa shape index (κ1) is 24.3. The monoisotopic (exact) mass is 475 g/mol. The van der Waals surface area contributed by atoms with Crippen LogP contribution in [0.25, 0.3) is 0 Å². The second kappa shape index (κ2) is 10.2. The molecule has 0 bridgehead atoms. The van der Waals surface area contributed by atoms with Crippen molar-refractivity contribution in [1.82, 2.24) is 5.32 Å². The molecule has 1 N–H and O–H groups in total. The smallest absolute Gasteiger partial charge is 0.336 e. The van der Waals surface area contributed by atoms with Crippen LogP contribution in [0.2, 0.25) is 0 Å². The fourth-order valence-electron chi connectivity index (χ4n) is 4.93. The summed E-state index contributed by atoms with van der Waals surface area (Å²) in [5.41, 5.74) is 4.18. The largest absolute Gasteiger partial charge is 0.490 e. The lowest BCUT2D eigenvalue weighted by atomic mass is 9.71. The molecular weight excluding hydrogens is 446 g/mol. The number of ether oxygens (including phenoxy) is 3. The molecule has 0 spiro atoms. The molecule has 0 amide bonds. The van der Waals surface area contributed by atoms with Gasteiger partial charge in [0, 0.05) is 36.2 Å². The molecular formula is C28H29NO6. The fraction of sp³-hybridized carbons (Fsp3) is 0.321. The Balaban J connectivity index is 1.83.